The van der Waals surface area contributed by atoms with E-state index >= 15 is 0 Å². The number of Topliss-reactive ketones (excluding diaryl/α,β-unsaturated/α-hetero) is 1. The van der Waals surface area contributed by atoms with Gasteiger partial charge < -0.3 is 4.57 Å². The Morgan fingerprint density at radius 2 is 2.10 bits per heavy atom. The molecule has 2 heterocycles. The van der Waals surface area contributed by atoms with Crippen LogP contribution in [-0.4, -0.2) is 25.5 Å². The second-order valence-corrected chi connectivity index (χ2v) is 5.87. The molecule has 0 spiro atoms. The summed E-state index contributed by atoms with van der Waals surface area (Å²) in [7, 11) is 0. The Balaban J connectivity index is 2.30. The zero-order valence-electron chi connectivity index (χ0n) is 12.3. The molecule has 2 aromatic heterocycles. The van der Waals surface area contributed by atoms with E-state index in [1.54, 1.807) is 13.1 Å². The number of carbonyl (C=O) groups is 1. The van der Waals surface area contributed by atoms with Gasteiger partial charge >= 0.3 is 0 Å². The fourth-order valence-corrected chi connectivity index (χ4v) is 2.80. The first-order valence-corrected chi connectivity index (χ1v) is 7.19. The van der Waals surface area contributed by atoms with Crippen molar-refractivity contribution in [2.24, 2.45) is 0 Å². The molecule has 2 atom stereocenters. The number of hydrogen-bond acceptors (Lipinski definition) is 2. The van der Waals surface area contributed by atoms with Crippen molar-refractivity contribution in [1.82, 2.24) is 14.3 Å². The number of rotatable bonds is 5. The highest BCUT2D eigenvalue weighted by Crippen LogP contribution is 2.23. The number of aromatic nitrogens is 3. The summed E-state index contributed by atoms with van der Waals surface area (Å²) in [5.74, 6) is -0.0164. The molecule has 108 valence electrons. The Labute approximate surface area is 124 Å². The minimum Gasteiger partial charge on any atom is -0.344 e. The number of ketones is 1. The molecule has 0 fully saturated rings. The van der Waals surface area contributed by atoms with Crippen molar-refractivity contribution >= 4 is 17.4 Å². The van der Waals surface area contributed by atoms with Crippen molar-refractivity contribution in [3.8, 4) is 0 Å². The maximum atomic E-state index is 12.1. The van der Waals surface area contributed by atoms with Crippen molar-refractivity contribution in [3.63, 3.8) is 0 Å². The number of hydrogen-bond donors (Lipinski definition) is 0. The Morgan fingerprint density at radius 3 is 2.65 bits per heavy atom. The van der Waals surface area contributed by atoms with Gasteiger partial charge in [0.15, 0.2) is 5.78 Å². The van der Waals surface area contributed by atoms with Crippen LogP contribution in [0, 0.1) is 13.8 Å². The van der Waals surface area contributed by atoms with Gasteiger partial charge in [-0.05, 0) is 39.8 Å². The number of carbonyl (C=O) groups excluding carboxylic acids is 1. The van der Waals surface area contributed by atoms with Crippen LogP contribution in [0.5, 0.6) is 0 Å². The summed E-state index contributed by atoms with van der Waals surface area (Å²) in [5, 5.41) is 3.73. The van der Waals surface area contributed by atoms with Crippen molar-refractivity contribution in [3.05, 3.63) is 41.5 Å². The number of aryl methyl sites for hydroxylation is 1. The molecule has 4 nitrogen and oxygen atoms in total. The summed E-state index contributed by atoms with van der Waals surface area (Å²) < 4.78 is 4.07. The van der Waals surface area contributed by atoms with E-state index in [1.807, 2.05) is 36.9 Å². The summed E-state index contributed by atoms with van der Waals surface area (Å²) in [5.41, 5.74) is 2.76. The molecule has 0 aromatic carbocycles. The van der Waals surface area contributed by atoms with Crippen LogP contribution in [-0.2, 0) is 6.54 Å². The second-order valence-electron chi connectivity index (χ2n) is 5.21. The summed E-state index contributed by atoms with van der Waals surface area (Å²) in [6, 6.07) is 4.06. The van der Waals surface area contributed by atoms with Crippen LogP contribution in [0.3, 0.4) is 0 Å². The van der Waals surface area contributed by atoms with Gasteiger partial charge in [-0.25, -0.2) is 0 Å². The standard InChI is InChI=1S/C15H20ClN3O/c1-10-8-14(15(20)12(3)16)13(4)19(10)11(2)9-18-7-5-6-17-18/h5-8,11-12H,9H2,1-4H3. The first-order valence-electron chi connectivity index (χ1n) is 6.76. The minimum absolute atomic E-state index is 0.0164. The fraction of sp³-hybridized carbons (Fsp3) is 0.467. The average Bonchev–Trinajstić information content (AvgIpc) is 2.96. The van der Waals surface area contributed by atoms with Crippen molar-refractivity contribution in [2.75, 3.05) is 0 Å². The average molecular weight is 294 g/mol. The van der Waals surface area contributed by atoms with E-state index < -0.39 is 5.38 Å². The topological polar surface area (TPSA) is 39.8 Å². The van der Waals surface area contributed by atoms with Gasteiger partial charge in [0.2, 0.25) is 0 Å². The number of alkyl halides is 1. The van der Waals surface area contributed by atoms with E-state index in [0.29, 0.717) is 0 Å². The molecule has 0 aliphatic carbocycles. The van der Waals surface area contributed by atoms with Crippen LogP contribution in [0.4, 0.5) is 0 Å². The molecular formula is C15H20ClN3O. The fourth-order valence-electron chi connectivity index (χ4n) is 2.68. The SMILES string of the molecule is Cc1cc(C(=O)C(C)Cl)c(C)n1C(C)Cn1cccn1. The van der Waals surface area contributed by atoms with Crippen molar-refractivity contribution in [2.45, 2.75) is 45.7 Å². The van der Waals surface area contributed by atoms with Gasteiger partial charge in [-0.15, -0.1) is 11.6 Å². The molecule has 5 heteroatoms. The third-order valence-corrected chi connectivity index (χ3v) is 3.76. The number of nitrogens with zero attached hydrogens (tertiary/aromatic N) is 3. The van der Waals surface area contributed by atoms with Gasteiger partial charge in [-0.2, -0.15) is 5.10 Å². The Morgan fingerprint density at radius 1 is 1.40 bits per heavy atom. The molecule has 2 rings (SSSR count). The molecule has 0 saturated carbocycles. The first-order chi connectivity index (χ1) is 9.41. The number of halogens is 1. The lowest BCUT2D eigenvalue weighted by Gasteiger charge is -2.19. The van der Waals surface area contributed by atoms with E-state index in [9.17, 15) is 4.79 Å². The molecule has 0 aliphatic rings. The van der Waals surface area contributed by atoms with Gasteiger partial charge in [-0.3, -0.25) is 9.48 Å². The zero-order valence-corrected chi connectivity index (χ0v) is 13.1. The van der Waals surface area contributed by atoms with Gasteiger partial charge in [-0.1, -0.05) is 0 Å². The molecule has 0 N–H and O–H groups in total. The van der Waals surface area contributed by atoms with Crippen LogP contribution < -0.4 is 0 Å². The van der Waals surface area contributed by atoms with E-state index in [1.165, 1.54) is 0 Å². The highest BCUT2D eigenvalue weighted by atomic mass is 35.5. The quantitative estimate of drug-likeness (QED) is 0.626. The van der Waals surface area contributed by atoms with Crippen LogP contribution in [0.1, 0.15) is 41.6 Å². The lowest BCUT2D eigenvalue weighted by molar-refractivity contribution is 0.0991. The first kappa shape index (κ1) is 14.9. The molecule has 2 unspecified atom stereocenters. The highest BCUT2D eigenvalue weighted by Gasteiger charge is 2.21. The van der Waals surface area contributed by atoms with E-state index in [2.05, 4.69) is 16.6 Å². The second kappa shape index (κ2) is 5.83. The molecule has 0 aliphatic heterocycles. The van der Waals surface area contributed by atoms with Gasteiger partial charge in [0.25, 0.3) is 0 Å². The third-order valence-electron chi connectivity index (χ3n) is 3.56. The molecule has 0 saturated heterocycles. The predicted molar refractivity (Wildman–Crippen MR) is 80.5 cm³/mol. The van der Waals surface area contributed by atoms with Crippen LogP contribution in [0.2, 0.25) is 0 Å². The predicted octanol–water partition coefficient (Wildman–Crippen LogP) is 3.37. The van der Waals surface area contributed by atoms with Crippen LogP contribution in [0.15, 0.2) is 24.5 Å². The Kier molecular flexibility index (Phi) is 4.33. The van der Waals surface area contributed by atoms with Crippen molar-refractivity contribution in [1.29, 1.82) is 0 Å². The molecule has 2 aromatic rings. The van der Waals surface area contributed by atoms with Gasteiger partial charge in [0, 0.05) is 29.3 Å². The summed E-state index contributed by atoms with van der Waals surface area (Å²) in [6.45, 7) is 8.60. The van der Waals surface area contributed by atoms with Gasteiger partial charge in [0.05, 0.1) is 18.0 Å². The van der Waals surface area contributed by atoms with E-state index in [-0.39, 0.29) is 11.8 Å². The smallest absolute Gasteiger partial charge is 0.182 e. The summed E-state index contributed by atoms with van der Waals surface area (Å²) >= 11 is 5.92. The molecule has 0 radical (unpaired) electrons. The van der Waals surface area contributed by atoms with Crippen LogP contribution in [0.25, 0.3) is 0 Å². The monoisotopic (exact) mass is 293 g/mol. The van der Waals surface area contributed by atoms with Crippen LogP contribution >= 0.6 is 11.6 Å². The lowest BCUT2D eigenvalue weighted by Crippen LogP contribution is -2.17. The molecule has 0 bridgehead atoms. The zero-order chi connectivity index (χ0) is 14.9. The third kappa shape index (κ3) is 2.80. The summed E-state index contributed by atoms with van der Waals surface area (Å²) in [4.78, 5) is 12.1. The maximum absolute atomic E-state index is 12.1. The molecule has 20 heavy (non-hydrogen) atoms. The Hall–Kier alpha value is -1.55. The van der Waals surface area contributed by atoms with Gasteiger partial charge in [0.1, 0.15) is 0 Å². The normalized spacial score (nSPS) is 14.2. The summed E-state index contributed by atoms with van der Waals surface area (Å²) in [6.07, 6.45) is 3.71. The lowest BCUT2D eigenvalue weighted by atomic mass is 10.1. The Bertz CT molecular complexity index is 599. The minimum atomic E-state index is -0.495. The van der Waals surface area contributed by atoms with Crippen molar-refractivity contribution < 1.29 is 4.79 Å². The highest BCUT2D eigenvalue weighted by molar-refractivity contribution is 6.33. The maximum Gasteiger partial charge on any atom is 0.182 e. The van der Waals surface area contributed by atoms with E-state index in [4.69, 9.17) is 11.6 Å². The largest absolute Gasteiger partial charge is 0.344 e. The molecular weight excluding hydrogens is 274 g/mol. The van der Waals surface area contributed by atoms with E-state index in [0.717, 1.165) is 23.5 Å². The molecule has 0 amide bonds.